The van der Waals surface area contributed by atoms with Crippen molar-refractivity contribution in [3.8, 4) is 11.5 Å². The van der Waals surface area contributed by atoms with E-state index in [1.54, 1.807) is 73.8 Å². The number of carboxylic acids is 1. The highest BCUT2D eigenvalue weighted by atomic mass is 16.5. The van der Waals surface area contributed by atoms with Crippen LogP contribution in [0, 0.1) is 5.92 Å². The maximum Gasteiger partial charge on any atom is 0.319 e. The summed E-state index contributed by atoms with van der Waals surface area (Å²) >= 11 is 0. The van der Waals surface area contributed by atoms with Crippen LogP contribution in [0.25, 0.3) is 0 Å². The summed E-state index contributed by atoms with van der Waals surface area (Å²) in [7, 11) is 3.16. The smallest absolute Gasteiger partial charge is 0.319 e. The molecule has 0 saturated heterocycles. The van der Waals surface area contributed by atoms with Gasteiger partial charge >= 0.3 is 12.0 Å². The van der Waals surface area contributed by atoms with Gasteiger partial charge in [0.25, 0.3) is 5.91 Å². The molecule has 4 amide bonds. The lowest BCUT2D eigenvalue weighted by molar-refractivity contribution is -0.136. The van der Waals surface area contributed by atoms with Gasteiger partial charge in [0.2, 0.25) is 5.91 Å². The predicted octanol–water partition coefficient (Wildman–Crippen LogP) is 4.56. The molecule has 0 spiro atoms. The summed E-state index contributed by atoms with van der Waals surface area (Å²) in [5.74, 6) is -0.469. The summed E-state index contributed by atoms with van der Waals surface area (Å²) in [5, 5.41) is 14.2. The van der Waals surface area contributed by atoms with E-state index >= 15 is 0 Å². The van der Waals surface area contributed by atoms with Gasteiger partial charge in [-0.2, -0.15) is 0 Å². The van der Waals surface area contributed by atoms with Gasteiger partial charge in [0, 0.05) is 19.3 Å². The molecule has 0 aliphatic rings. The molecule has 0 aromatic heterocycles. The van der Waals surface area contributed by atoms with Crippen LogP contribution in [-0.4, -0.2) is 62.8 Å². The Morgan fingerprint density at radius 3 is 2.23 bits per heavy atom. The average Bonchev–Trinajstić information content (AvgIpc) is 2.98. The molecular formula is C32H38N4O7. The minimum atomic E-state index is -0.981. The standard InChI is InChI=1S/C32H38N4O7/c1-22(2)16-17-36(29(37)20-33-32(41)34-24-11-9-10-23(18-24)19-31(39)40)26-13-6-8-15-28(26)43-21-30(38)35(3)25-12-5-7-14-27(25)42-4/h5-15,18,22H,16-17,19-21H2,1-4H3,(H,39,40)(H2,33,34,41). The van der Waals surface area contributed by atoms with Crippen molar-refractivity contribution in [3.63, 3.8) is 0 Å². The molecule has 228 valence electrons. The normalized spacial score (nSPS) is 10.5. The zero-order valence-corrected chi connectivity index (χ0v) is 24.8. The largest absolute Gasteiger partial charge is 0.495 e. The zero-order valence-electron chi connectivity index (χ0n) is 24.8. The first kappa shape index (κ1) is 32.5. The number of hydrogen-bond donors (Lipinski definition) is 3. The molecule has 0 bridgehead atoms. The zero-order chi connectivity index (χ0) is 31.4. The van der Waals surface area contributed by atoms with E-state index in [-0.39, 0.29) is 31.4 Å². The second kappa shape index (κ2) is 15.8. The van der Waals surface area contributed by atoms with E-state index in [4.69, 9.17) is 14.6 Å². The van der Waals surface area contributed by atoms with Crippen molar-refractivity contribution in [3.05, 3.63) is 78.4 Å². The number of nitrogens with one attached hydrogen (secondary N) is 2. The Bertz CT molecular complexity index is 1430. The fourth-order valence-electron chi connectivity index (χ4n) is 4.21. The maximum atomic E-state index is 13.4. The van der Waals surface area contributed by atoms with Crippen molar-refractivity contribution in [1.29, 1.82) is 0 Å². The first-order valence-corrected chi connectivity index (χ1v) is 13.9. The highest BCUT2D eigenvalue weighted by Crippen LogP contribution is 2.30. The number of urea groups is 1. The van der Waals surface area contributed by atoms with Crippen LogP contribution in [0.3, 0.4) is 0 Å². The van der Waals surface area contributed by atoms with E-state index in [9.17, 15) is 19.2 Å². The van der Waals surface area contributed by atoms with Crippen LogP contribution in [0.4, 0.5) is 21.9 Å². The Morgan fingerprint density at radius 1 is 0.884 bits per heavy atom. The Morgan fingerprint density at radius 2 is 1.56 bits per heavy atom. The molecule has 0 atom stereocenters. The number of ether oxygens (including phenoxy) is 2. The number of carbonyl (C=O) groups is 4. The van der Waals surface area contributed by atoms with Crippen LogP contribution in [0.2, 0.25) is 0 Å². The van der Waals surface area contributed by atoms with Crippen LogP contribution in [0.5, 0.6) is 11.5 Å². The molecule has 43 heavy (non-hydrogen) atoms. The molecule has 0 fully saturated rings. The number of benzene rings is 3. The Hall–Kier alpha value is -5.06. The monoisotopic (exact) mass is 590 g/mol. The topological polar surface area (TPSA) is 138 Å². The molecule has 3 aromatic rings. The van der Waals surface area contributed by atoms with E-state index in [0.29, 0.717) is 53.0 Å². The van der Waals surface area contributed by atoms with Crippen LogP contribution in [0.15, 0.2) is 72.8 Å². The van der Waals surface area contributed by atoms with Crippen molar-refractivity contribution >= 4 is 40.9 Å². The first-order valence-electron chi connectivity index (χ1n) is 13.9. The third-order valence-electron chi connectivity index (χ3n) is 6.50. The van der Waals surface area contributed by atoms with E-state index in [1.807, 2.05) is 19.9 Å². The Kier molecular flexibility index (Phi) is 11.9. The lowest BCUT2D eigenvalue weighted by Crippen LogP contribution is -2.42. The van der Waals surface area contributed by atoms with Gasteiger partial charge in [-0.05, 0) is 54.3 Å². The summed E-state index contributed by atoms with van der Waals surface area (Å²) in [6.07, 6.45) is 0.516. The second-order valence-corrected chi connectivity index (χ2v) is 10.2. The van der Waals surface area contributed by atoms with Gasteiger partial charge in [-0.25, -0.2) is 4.79 Å². The SMILES string of the molecule is COc1ccccc1N(C)C(=O)COc1ccccc1N(CCC(C)C)C(=O)CNC(=O)Nc1cccc(CC(=O)O)c1. The molecule has 3 rings (SSSR count). The molecule has 0 saturated carbocycles. The van der Waals surface area contributed by atoms with Crippen molar-refractivity contribution in [2.75, 3.05) is 49.0 Å². The van der Waals surface area contributed by atoms with E-state index in [0.717, 1.165) is 0 Å². The van der Waals surface area contributed by atoms with E-state index in [1.165, 1.54) is 16.9 Å². The van der Waals surface area contributed by atoms with Crippen molar-refractivity contribution in [1.82, 2.24) is 5.32 Å². The maximum absolute atomic E-state index is 13.4. The van der Waals surface area contributed by atoms with Gasteiger partial charge in [-0.1, -0.05) is 50.2 Å². The Balaban J connectivity index is 1.69. The number of aliphatic carboxylic acids is 1. The number of para-hydroxylation sites is 4. The van der Waals surface area contributed by atoms with Crippen molar-refractivity contribution < 1.29 is 33.8 Å². The molecule has 3 aromatic carbocycles. The fourth-order valence-corrected chi connectivity index (χ4v) is 4.21. The van der Waals surface area contributed by atoms with Gasteiger partial charge in [0.05, 0.1) is 31.5 Å². The molecule has 0 unspecified atom stereocenters. The first-order chi connectivity index (χ1) is 20.6. The number of methoxy groups -OCH3 is 1. The number of likely N-dealkylation sites (N-methyl/N-ethyl adjacent to an activating group) is 1. The fraction of sp³-hybridized carbons (Fsp3) is 0.312. The summed E-state index contributed by atoms with van der Waals surface area (Å²) in [6, 6.07) is 20.0. The molecular weight excluding hydrogens is 552 g/mol. The molecule has 0 aliphatic carbocycles. The molecule has 0 heterocycles. The number of amides is 4. The molecule has 11 heteroatoms. The summed E-state index contributed by atoms with van der Waals surface area (Å²) in [6.45, 7) is 3.87. The Labute approximate surface area is 251 Å². The highest BCUT2D eigenvalue weighted by Gasteiger charge is 2.22. The number of hydrogen-bond acceptors (Lipinski definition) is 6. The molecule has 3 N–H and O–H groups in total. The number of nitrogens with zero attached hydrogens (tertiary/aromatic N) is 2. The molecule has 11 nitrogen and oxygen atoms in total. The van der Waals surface area contributed by atoms with E-state index in [2.05, 4.69) is 10.6 Å². The van der Waals surface area contributed by atoms with Crippen LogP contribution >= 0.6 is 0 Å². The minimum absolute atomic E-state index is 0.176. The van der Waals surface area contributed by atoms with Gasteiger partial charge in [-0.3, -0.25) is 14.4 Å². The second-order valence-electron chi connectivity index (χ2n) is 10.2. The van der Waals surface area contributed by atoms with E-state index < -0.39 is 12.0 Å². The van der Waals surface area contributed by atoms with Crippen LogP contribution < -0.4 is 29.9 Å². The number of carboxylic acid groups (broad SMARTS) is 1. The quantitative estimate of drug-likeness (QED) is 0.250. The van der Waals surface area contributed by atoms with Crippen molar-refractivity contribution in [2.45, 2.75) is 26.7 Å². The molecule has 0 aliphatic heterocycles. The van der Waals surface area contributed by atoms with Gasteiger partial charge in [-0.15, -0.1) is 0 Å². The van der Waals surface area contributed by atoms with Gasteiger partial charge in [0.1, 0.15) is 11.5 Å². The van der Waals surface area contributed by atoms with Crippen LogP contribution in [-0.2, 0) is 20.8 Å². The van der Waals surface area contributed by atoms with Crippen LogP contribution in [0.1, 0.15) is 25.8 Å². The summed E-state index contributed by atoms with van der Waals surface area (Å²) in [5.41, 5.74) is 2.01. The average molecular weight is 591 g/mol. The number of anilines is 3. The summed E-state index contributed by atoms with van der Waals surface area (Å²) < 4.78 is 11.3. The van der Waals surface area contributed by atoms with Gasteiger partial charge in [0.15, 0.2) is 6.61 Å². The minimum Gasteiger partial charge on any atom is -0.495 e. The van der Waals surface area contributed by atoms with Crippen molar-refractivity contribution in [2.24, 2.45) is 5.92 Å². The lowest BCUT2D eigenvalue weighted by Gasteiger charge is -2.26. The lowest BCUT2D eigenvalue weighted by atomic mass is 10.1. The number of carbonyl (C=O) groups excluding carboxylic acids is 3. The van der Waals surface area contributed by atoms with Gasteiger partial charge < -0.3 is 35.0 Å². The molecule has 0 radical (unpaired) electrons. The number of rotatable bonds is 14. The third-order valence-corrected chi connectivity index (χ3v) is 6.50. The highest BCUT2D eigenvalue weighted by molar-refractivity contribution is 6.00. The predicted molar refractivity (Wildman–Crippen MR) is 165 cm³/mol. The third kappa shape index (κ3) is 9.77. The summed E-state index contributed by atoms with van der Waals surface area (Å²) in [4.78, 5) is 53.0.